The Morgan fingerprint density at radius 2 is 2.11 bits per heavy atom. The number of benzene rings is 1. The van der Waals surface area contributed by atoms with Gasteiger partial charge in [0.2, 0.25) is 10.0 Å². The van der Waals surface area contributed by atoms with Crippen LogP contribution >= 0.6 is 0 Å². The Hall–Kier alpha value is -1.14. The van der Waals surface area contributed by atoms with Gasteiger partial charge in [0.15, 0.2) is 0 Å². The van der Waals surface area contributed by atoms with Crippen LogP contribution in [0.3, 0.4) is 0 Å². The molecule has 2 atom stereocenters. The fraction of sp³-hybridized carbons (Fsp3) is 0.538. The van der Waals surface area contributed by atoms with Gasteiger partial charge >= 0.3 is 0 Å². The Balaban J connectivity index is 2.20. The molecule has 0 heterocycles. The van der Waals surface area contributed by atoms with Crippen molar-refractivity contribution in [3.05, 3.63) is 24.0 Å². The van der Waals surface area contributed by atoms with Gasteiger partial charge in [-0.1, -0.05) is 25.8 Å². The topological polar surface area (TPSA) is 72.2 Å². The Morgan fingerprint density at radius 3 is 2.79 bits per heavy atom. The van der Waals surface area contributed by atoms with Gasteiger partial charge in [0.25, 0.3) is 0 Å². The molecule has 1 aliphatic rings. The minimum absolute atomic E-state index is 0.0867. The molecule has 4 nitrogen and oxygen atoms in total. The third-order valence-corrected chi connectivity index (χ3v) is 5.14. The molecular formula is C13H19FN2O2S. The van der Waals surface area contributed by atoms with Gasteiger partial charge in [-0.15, -0.1) is 0 Å². The molecule has 0 amide bonds. The van der Waals surface area contributed by atoms with E-state index in [9.17, 15) is 12.8 Å². The average Bonchev–Trinajstić information content (AvgIpc) is 2.32. The molecule has 0 bridgehead atoms. The molecule has 0 aromatic heterocycles. The molecule has 2 unspecified atom stereocenters. The molecule has 0 saturated heterocycles. The maximum absolute atomic E-state index is 13.3. The van der Waals surface area contributed by atoms with Gasteiger partial charge in [-0.2, -0.15) is 0 Å². The molecule has 3 N–H and O–H groups in total. The van der Waals surface area contributed by atoms with E-state index in [1.54, 1.807) is 0 Å². The lowest BCUT2D eigenvalue weighted by Crippen LogP contribution is -2.38. The number of para-hydroxylation sites is 1. The average molecular weight is 286 g/mol. The fourth-order valence-corrected chi connectivity index (χ4v) is 4.00. The van der Waals surface area contributed by atoms with E-state index in [1.807, 2.05) is 0 Å². The maximum Gasteiger partial charge on any atom is 0.242 e. The third kappa shape index (κ3) is 3.25. The highest BCUT2D eigenvalue weighted by atomic mass is 32.2. The van der Waals surface area contributed by atoms with E-state index in [0.717, 1.165) is 31.7 Å². The monoisotopic (exact) mass is 286 g/mol. The van der Waals surface area contributed by atoms with Crippen LogP contribution in [0.25, 0.3) is 0 Å². The van der Waals surface area contributed by atoms with Crippen molar-refractivity contribution in [2.75, 3.05) is 5.73 Å². The summed E-state index contributed by atoms with van der Waals surface area (Å²) in [5.74, 6) is -0.203. The molecule has 19 heavy (non-hydrogen) atoms. The summed E-state index contributed by atoms with van der Waals surface area (Å²) in [7, 11) is -3.75. The lowest BCUT2D eigenvalue weighted by molar-refractivity contribution is 0.327. The molecule has 1 aromatic rings. The second-order valence-corrected chi connectivity index (χ2v) is 6.92. The quantitative estimate of drug-likeness (QED) is 0.837. The van der Waals surface area contributed by atoms with Crippen LogP contribution in [0, 0.1) is 11.7 Å². The molecule has 2 rings (SSSR count). The van der Waals surface area contributed by atoms with Crippen LogP contribution in [-0.2, 0) is 10.0 Å². The number of nitrogens with two attached hydrogens (primary N) is 1. The SMILES string of the molecule is CC1CCCC(NS(=O)(=O)c2cccc(F)c2N)C1. The summed E-state index contributed by atoms with van der Waals surface area (Å²) in [6.07, 6.45) is 3.76. The smallest absolute Gasteiger partial charge is 0.242 e. The summed E-state index contributed by atoms with van der Waals surface area (Å²) in [5.41, 5.74) is 5.19. The van der Waals surface area contributed by atoms with Crippen molar-refractivity contribution in [3.8, 4) is 0 Å². The summed E-state index contributed by atoms with van der Waals surface area (Å²) < 4.78 is 40.4. The largest absolute Gasteiger partial charge is 0.395 e. The Morgan fingerprint density at radius 1 is 1.37 bits per heavy atom. The van der Waals surface area contributed by atoms with Gasteiger partial charge in [0, 0.05) is 6.04 Å². The van der Waals surface area contributed by atoms with Crippen LogP contribution in [0.2, 0.25) is 0 Å². The molecule has 1 fully saturated rings. The maximum atomic E-state index is 13.3. The van der Waals surface area contributed by atoms with E-state index in [2.05, 4.69) is 11.6 Å². The number of sulfonamides is 1. The number of rotatable bonds is 3. The molecule has 106 valence electrons. The summed E-state index contributed by atoms with van der Waals surface area (Å²) in [6.45, 7) is 2.11. The van der Waals surface area contributed by atoms with Crippen molar-refractivity contribution in [2.24, 2.45) is 5.92 Å². The highest BCUT2D eigenvalue weighted by Crippen LogP contribution is 2.26. The number of halogens is 1. The molecule has 1 aliphatic carbocycles. The second kappa shape index (κ2) is 5.46. The van der Waals surface area contributed by atoms with Crippen LogP contribution in [0.15, 0.2) is 23.1 Å². The minimum Gasteiger partial charge on any atom is -0.395 e. The Bertz CT molecular complexity index is 560. The first kappa shape index (κ1) is 14.3. The lowest BCUT2D eigenvalue weighted by atomic mass is 9.88. The van der Waals surface area contributed by atoms with E-state index in [-0.39, 0.29) is 16.6 Å². The molecule has 1 saturated carbocycles. The van der Waals surface area contributed by atoms with Crippen LogP contribution < -0.4 is 10.5 Å². The zero-order valence-electron chi connectivity index (χ0n) is 10.9. The van der Waals surface area contributed by atoms with Gasteiger partial charge in [0.1, 0.15) is 10.7 Å². The molecule has 0 radical (unpaired) electrons. The van der Waals surface area contributed by atoms with Crippen molar-refractivity contribution in [3.63, 3.8) is 0 Å². The van der Waals surface area contributed by atoms with Gasteiger partial charge < -0.3 is 5.73 Å². The van der Waals surface area contributed by atoms with Crippen LogP contribution in [0.4, 0.5) is 10.1 Å². The predicted molar refractivity (Wildman–Crippen MR) is 72.6 cm³/mol. The zero-order valence-corrected chi connectivity index (χ0v) is 11.7. The lowest BCUT2D eigenvalue weighted by Gasteiger charge is -2.27. The molecule has 6 heteroatoms. The van der Waals surface area contributed by atoms with Crippen molar-refractivity contribution in [2.45, 2.75) is 43.5 Å². The molecular weight excluding hydrogens is 267 g/mol. The fourth-order valence-electron chi connectivity index (χ4n) is 2.58. The summed E-state index contributed by atoms with van der Waals surface area (Å²) in [6, 6.07) is 3.74. The molecule has 1 aromatic carbocycles. The standard InChI is InChI=1S/C13H19FN2O2S/c1-9-4-2-5-10(8-9)16-19(17,18)12-7-3-6-11(14)13(12)15/h3,6-7,9-10,16H,2,4-5,8,15H2,1H3. The van der Waals surface area contributed by atoms with E-state index in [1.165, 1.54) is 12.1 Å². The Kier molecular flexibility index (Phi) is 4.10. The number of hydrogen-bond donors (Lipinski definition) is 2. The summed E-state index contributed by atoms with van der Waals surface area (Å²) in [5, 5.41) is 0. The summed E-state index contributed by atoms with van der Waals surface area (Å²) >= 11 is 0. The summed E-state index contributed by atoms with van der Waals surface area (Å²) in [4.78, 5) is -0.175. The number of anilines is 1. The minimum atomic E-state index is -3.75. The first-order valence-electron chi connectivity index (χ1n) is 6.46. The highest BCUT2D eigenvalue weighted by molar-refractivity contribution is 7.89. The number of nitrogens with one attached hydrogen (secondary N) is 1. The van der Waals surface area contributed by atoms with Crippen LogP contribution in [0.1, 0.15) is 32.6 Å². The van der Waals surface area contributed by atoms with Crippen molar-refractivity contribution in [1.82, 2.24) is 4.72 Å². The van der Waals surface area contributed by atoms with Crippen LogP contribution in [-0.4, -0.2) is 14.5 Å². The zero-order chi connectivity index (χ0) is 14.0. The van der Waals surface area contributed by atoms with Crippen LogP contribution in [0.5, 0.6) is 0 Å². The normalized spacial score (nSPS) is 24.3. The third-order valence-electron chi connectivity index (χ3n) is 3.56. The molecule has 0 aliphatic heterocycles. The predicted octanol–water partition coefficient (Wildman–Crippen LogP) is 2.26. The first-order chi connectivity index (χ1) is 8.90. The van der Waals surface area contributed by atoms with Crippen molar-refractivity contribution in [1.29, 1.82) is 0 Å². The Labute approximate surface area is 113 Å². The van der Waals surface area contributed by atoms with Crippen molar-refractivity contribution < 1.29 is 12.8 Å². The van der Waals surface area contributed by atoms with Gasteiger partial charge in [-0.3, -0.25) is 0 Å². The van der Waals surface area contributed by atoms with E-state index in [0.29, 0.717) is 5.92 Å². The molecule has 0 spiro atoms. The number of nitrogen functional groups attached to an aromatic ring is 1. The van der Waals surface area contributed by atoms with Gasteiger partial charge in [-0.25, -0.2) is 17.5 Å². The first-order valence-corrected chi connectivity index (χ1v) is 7.95. The van der Waals surface area contributed by atoms with Gasteiger partial charge in [-0.05, 0) is 30.9 Å². The van der Waals surface area contributed by atoms with E-state index >= 15 is 0 Å². The van der Waals surface area contributed by atoms with E-state index < -0.39 is 15.8 Å². The van der Waals surface area contributed by atoms with E-state index in [4.69, 9.17) is 5.73 Å². The van der Waals surface area contributed by atoms with Crippen molar-refractivity contribution >= 4 is 15.7 Å². The highest BCUT2D eigenvalue weighted by Gasteiger charge is 2.26. The van der Waals surface area contributed by atoms with Gasteiger partial charge in [0.05, 0.1) is 5.69 Å². The number of hydrogen-bond acceptors (Lipinski definition) is 3. The second-order valence-electron chi connectivity index (χ2n) is 5.24.